The lowest BCUT2D eigenvalue weighted by Gasteiger charge is -2.50. The highest BCUT2D eigenvalue weighted by Gasteiger charge is 2.74. The lowest BCUT2D eigenvalue weighted by Crippen LogP contribution is -2.43. The summed E-state index contributed by atoms with van der Waals surface area (Å²) in [6.07, 6.45) is -1.23. The second-order valence-corrected chi connectivity index (χ2v) is 8.05. The van der Waals surface area contributed by atoms with E-state index in [9.17, 15) is 24.2 Å². The van der Waals surface area contributed by atoms with Gasteiger partial charge in [-0.15, -0.1) is 0 Å². The predicted molar refractivity (Wildman–Crippen MR) is 63.2 cm³/mol. The molecule has 112 valence electrons. The fraction of sp³-hybridized carbons (Fsp3) is 0.545. The van der Waals surface area contributed by atoms with Crippen LogP contribution in [0.15, 0.2) is 11.1 Å². The molecule has 0 aromatic carbocycles. The average molecular weight is 314 g/mol. The number of ketones is 1. The van der Waals surface area contributed by atoms with E-state index >= 15 is 0 Å². The van der Waals surface area contributed by atoms with Crippen LogP contribution in [0.3, 0.4) is 0 Å². The molecule has 0 aliphatic heterocycles. The van der Waals surface area contributed by atoms with Crippen molar-refractivity contribution >= 4 is 16.0 Å². The summed E-state index contributed by atoms with van der Waals surface area (Å²) in [4.78, 5) is 11.6. The molecule has 0 aromatic heterocycles. The van der Waals surface area contributed by atoms with E-state index < -0.39 is 50.7 Å². The van der Waals surface area contributed by atoms with Crippen LogP contribution in [0.2, 0.25) is 0 Å². The number of nitriles is 2. The van der Waals surface area contributed by atoms with Gasteiger partial charge in [0.1, 0.15) is 17.7 Å². The van der Waals surface area contributed by atoms with Crippen molar-refractivity contribution in [2.75, 3.05) is 0 Å². The van der Waals surface area contributed by atoms with Crippen LogP contribution in [0.1, 0.15) is 26.7 Å². The Labute approximate surface area is 112 Å². The predicted octanol–water partition coefficient (Wildman–Crippen LogP) is 4.39. The summed E-state index contributed by atoms with van der Waals surface area (Å²) < 4.78 is 65.1. The minimum Gasteiger partial charge on any atom is -0.298 e. The molecule has 3 nitrogen and oxygen atoms in total. The maximum Gasteiger partial charge on any atom is 0.297 e. The molecular formula is C11H11F5N2OS. The molecule has 0 radical (unpaired) electrons. The van der Waals surface area contributed by atoms with Crippen molar-refractivity contribution in [3.05, 3.63) is 11.1 Å². The molecule has 1 atom stereocenters. The number of halogens is 5. The molecule has 0 heterocycles. The van der Waals surface area contributed by atoms with E-state index in [1.54, 1.807) is 0 Å². The van der Waals surface area contributed by atoms with E-state index in [0.29, 0.717) is 0 Å². The van der Waals surface area contributed by atoms with Gasteiger partial charge in [-0.1, -0.05) is 33.3 Å². The van der Waals surface area contributed by atoms with Gasteiger partial charge in [0, 0.05) is 6.42 Å². The fourth-order valence-corrected chi connectivity index (χ4v) is 3.65. The molecule has 1 aliphatic carbocycles. The maximum atomic E-state index is 13.0. The Balaban J connectivity index is 3.67. The van der Waals surface area contributed by atoms with E-state index in [2.05, 4.69) is 0 Å². The molecule has 1 aliphatic rings. The van der Waals surface area contributed by atoms with Gasteiger partial charge in [0.15, 0.2) is 11.0 Å². The first-order valence-corrected chi connectivity index (χ1v) is 7.41. The second kappa shape index (κ2) is 3.73. The standard InChI is InChI=1S/C11H11F5N2OS/c1-11(2)3-8(7(5-17)6-18)10(9(19)4-11)20(12,13,14,15)16/h10H,3-4H2,1-2H3. The van der Waals surface area contributed by atoms with Crippen LogP contribution in [-0.4, -0.2) is 11.0 Å². The molecular weight excluding hydrogens is 303 g/mol. The first-order chi connectivity index (χ1) is 8.61. The van der Waals surface area contributed by atoms with Gasteiger partial charge in [0.25, 0.3) is 10.2 Å². The average Bonchev–Trinajstić information content (AvgIpc) is 2.11. The molecule has 9 heteroatoms. The van der Waals surface area contributed by atoms with Crippen molar-refractivity contribution in [2.45, 2.75) is 31.9 Å². The lowest BCUT2D eigenvalue weighted by molar-refractivity contribution is -0.121. The maximum absolute atomic E-state index is 13.0. The molecule has 0 N–H and O–H groups in total. The minimum absolute atomic E-state index is 0.550. The third kappa shape index (κ3) is 3.28. The van der Waals surface area contributed by atoms with Crippen LogP contribution in [-0.2, 0) is 4.79 Å². The van der Waals surface area contributed by atoms with E-state index in [-0.39, 0.29) is 0 Å². The van der Waals surface area contributed by atoms with Gasteiger partial charge in [-0.2, -0.15) is 10.5 Å². The molecule has 0 amide bonds. The Hall–Kier alpha value is -1.61. The van der Waals surface area contributed by atoms with Crippen LogP contribution in [0, 0.1) is 28.1 Å². The topological polar surface area (TPSA) is 64.7 Å². The number of hydrogen-bond donors (Lipinski definition) is 0. The molecule has 1 fully saturated rings. The number of rotatable bonds is 1. The highest BCUT2D eigenvalue weighted by Crippen LogP contribution is 3.01. The van der Waals surface area contributed by atoms with E-state index in [1.165, 1.54) is 26.0 Å². The molecule has 1 saturated carbocycles. The lowest BCUT2D eigenvalue weighted by atomic mass is 9.73. The third-order valence-corrected chi connectivity index (χ3v) is 4.36. The second-order valence-electron chi connectivity index (χ2n) is 5.52. The first-order valence-electron chi connectivity index (χ1n) is 5.40. The Morgan fingerprint density at radius 3 is 1.95 bits per heavy atom. The summed E-state index contributed by atoms with van der Waals surface area (Å²) in [5.41, 5.74) is -3.19. The zero-order valence-electron chi connectivity index (χ0n) is 10.6. The van der Waals surface area contributed by atoms with Crippen LogP contribution in [0.25, 0.3) is 0 Å². The molecule has 1 unspecified atom stereocenters. The molecule has 20 heavy (non-hydrogen) atoms. The number of nitrogens with zero attached hydrogens (tertiary/aromatic N) is 2. The zero-order valence-corrected chi connectivity index (χ0v) is 11.4. The highest BCUT2D eigenvalue weighted by molar-refractivity contribution is 8.46. The SMILES string of the molecule is CC1(C)CC(=O)C(S(F)(F)(F)(F)F)C(=C(C#N)C#N)C1. The summed E-state index contributed by atoms with van der Waals surface area (Å²) in [6.45, 7) is 2.83. The largest absolute Gasteiger partial charge is 0.298 e. The van der Waals surface area contributed by atoms with E-state index in [0.717, 1.165) is 0 Å². The van der Waals surface area contributed by atoms with Crippen LogP contribution < -0.4 is 0 Å². The molecule has 0 saturated heterocycles. The van der Waals surface area contributed by atoms with Gasteiger partial charge in [0.05, 0.1) is 0 Å². The van der Waals surface area contributed by atoms with Crippen LogP contribution in [0.5, 0.6) is 0 Å². The molecule has 0 spiro atoms. The van der Waals surface area contributed by atoms with Gasteiger partial charge in [-0.05, 0) is 17.4 Å². The number of carbonyl (C=O) groups excluding carboxylic acids is 1. The van der Waals surface area contributed by atoms with Crippen LogP contribution >= 0.6 is 10.2 Å². The Bertz CT molecular complexity index is 575. The van der Waals surface area contributed by atoms with Gasteiger partial charge in [-0.25, -0.2) is 0 Å². The fourth-order valence-electron chi connectivity index (χ4n) is 2.33. The normalized spacial score (nSPS) is 25.9. The van der Waals surface area contributed by atoms with Crippen molar-refractivity contribution in [3.8, 4) is 12.1 Å². The van der Waals surface area contributed by atoms with Crippen molar-refractivity contribution in [1.82, 2.24) is 0 Å². The van der Waals surface area contributed by atoms with Gasteiger partial charge >= 0.3 is 0 Å². The number of hydrogen-bond acceptors (Lipinski definition) is 3. The van der Waals surface area contributed by atoms with Crippen molar-refractivity contribution in [3.63, 3.8) is 0 Å². The summed E-state index contributed by atoms with van der Waals surface area (Å²) in [7, 11) is -10.2. The summed E-state index contributed by atoms with van der Waals surface area (Å²) in [5.74, 6) is -1.70. The van der Waals surface area contributed by atoms with Crippen molar-refractivity contribution in [1.29, 1.82) is 10.5 Å². The molecule has 0 bridgehead atoms. The minimum atomic E-state index is -10.2. The van der Waals surface area contributed by atoms with Gasteiger partial charge < -0.3 is 0 Å². The Morgan fingerprint density at radius 2 is 1.60 bits per heavy atom. The van der Waals surface area contributed by atoms with E-state index in [4.69, 9.17) is 10.5 Å². The number of allylic oxidation sites excluding steroid dienone is 1. The van der Waals surface area contributed by atoms with E-state index in [1.807, 2.05) is 0 Å². The molecule has 0 aromatic rings. The summed E-state index contributed by atoms with van der Waals surface area (Å²) >= 11 is 0. The third-order valence-electron chi connectivity index (χ3n) is 2.92. The van der Waals surface area contributed by atoms with Gasteiger partial charge in [-0.3, -0.25) is 4.79 Å². The van der Waals surface area contributed by atoms with Crippen molar-refractivity contribution in [2.24, 2.45) is 5.41 Å². The summed E-state index contributed by atoms with van der Waals surface area (Å²) in [6, 6.07) is 2.34. The first kappa shape index (κ1) is 16.4. The molecule has 1 rings (SSSR count). The zero-order chi connectivity index (χ0) is 16.0. The van der Waals surface area contributed by atoms with Crippen molar-refractivity contribution < 1.29 is 24.2 Å². The van der Waals surface area contributed by atoms with Crippen LogP contribution in [0.4, 0.5) is 19.4 Å². The number of Topliss-reactive ketones (excluding diaryl/α,β-unsaturated/α-hetero) is 1. The smallest absolute Gasteiger partial charge is 0.297 e. The number of carbonyl (C=O) groups is 1. The Kier molecular flexibility index (Phi) is 3.07. The summed E-state index contributed by atoms with van der Waals surface area (Å²) in [5, 5.41) is 13.7. The van der Waals surface area contributed by atoms with Gasteiger partial charge in [0.2, 0.25) is 0 Å². The highest BCUT2D eigenvalue weighted by atomic mass is 32.5. The monoisotopic (exact) mass is 314 g/mol. The Morgan fingerprint density at radius 1 is 1.15 bits per heavy atom. The quantitative estimate of drug-likeness (QED) is 0.532.